The number of aliphatic hydroxyl groups is 1. The van der Waals surface area contributed by atoms with Crippen molar-refractivity contribution in [3.8, 4) is 5.75 Å². The van der Waals surface area contributed by atoms with Gasteiger partial charge in [-0.1, -0.05) is 26.0 Å². The number of methoxy groups -OCH3 is 1. The average molecular weight is 260 g/mol. The van der Waals surface area contributed by atoms with Crippen LogP contribution in [0.25, 0.3) is 10.8 Å². The van der Waals surface area contributed by atoms with Gasteiger partial charge in [-0.25, -0.2) is 4.98 Å². The second kappa shape index (κ2) is 5.89. The van der Waals surface area contributed by atoms with E-state index < -0.39 is 0 Å². The summed E-state index contributed by atoms with van der Waals surface area (Å²) in [6, 6.07) is 7.80. The highest BCUT2D eigenvalue weighted by atomic mass is 16.5. The molecule has 1 unspecified atom stereocenters. The second-order valence-electron chi connectivity index (χ2n) is 4.89. The van der Waals surface area contributed by atoms with Crippen LogP contribution in [-0.4, -0.2) is 29.8 Å². The number of aromatic nitrogens is 1. The van der Waals surface area contributed by atoms with Crippen molar-refractivity contribution >= 4 is 16.6 Å². The largest absolute Gasteiger partial charge is 0.496 e. The van der Waals surface area contributed by atoms with Crippen molar-refractivity contribution < 1.29 is 9.84 Å². The predicted octanol–water partition coefficient (Wildman–Crippen LogP) is 2.67. The Hall–Kier alpha value is -1.81. The Morgan fingerprint density at radius 2 is 2.05 bits per heavy atom. The molecule has 1 heterocycles. The van der Waals surface area contributed by atoms with E-state index in [1.807, 2.05) is 24.3 Å². The van der Waals surface area contributed by atoms with Gasteiger partial charge in [0.25, 0.3) is 0 Å². The zero-order chi connectivity index (χ0) is 13.8. The van der Waals surface area contributed by atoms with Gasteiger partial charge in [0.2, 0.25) is 0 Å². The van der Waals surface area contributed by atoms with Crippen molar-refractivity contribution in [2.45, 2.75) is 19.9 Å². The van der Waals surface area contributed by atoms with Gasteiger partial charge in [-0.2, -0.15) is 0 Å². The summed E-state index contributed by atoms with van der Waals surface area (Å²) in [5.74, 6) is 1.94. The summed E-state index contributed by atoms with van der Waals surface area (Å²) in [7, 11) is 1.66. The van der Waals surface area contributed by atoms with E-state index in [4.69, 9.17) is 4.74 Å². The SMILES string of the molecule is COc1cccc2c(NC(CO)C(C)C)nccc12. The maximum atomic E-state index is 9.42. The molecule has 19 heavy (non-hydrogen) atoms. The van der Waals surface area contributed by atoms with E-state index >= 15 is 0 Å². The van der Waals surface area contributed by atoms with Crippen LogP contribution in [-0.2, 0) is 0 Å². The number of ether oxygens (including phenoxy) is 1. The summed E-state index contributed by atoms with van der Waals surface area (Å²) < 4.78 is 5.36. The summed E-state index contributed by atoms with van der Waals surface area (Å²) in [4.78, 5) is 4.37. The van der Waals surface area contributed by atoms with E-state index in [-0.39, 0.29) is 12.6 Å². The van der Waals surface area contributed by atoms with Gasteiger partial charge in [-0.15, -0.1) is 0 Å². The van der Waals surface area contributed by atoms with Crippen molar-refractivity contribution in [1.29, 1.82) is 0 Å². The smallest absolute Gasteiger partial charge is 0.134 e. The van der Waals surface area contributed by atoms with Crippen LogP contribution in [0.4, 0.5) is 5.82 Å². The zero-order valence-electron chi connectivity index (χ0n) is 11.6. The van der Waals surface area contributed by atoms with Crippen LogP contribution in [0, 0.1) is 5.92 Å². The lowest BCUT2D eigenvalue weighted by atomic mass is 10.0. The fraction of sp³-hybridized carbons (Fsp3) is 0.400. The van der Waals surface area contributed by atoms with Gasteiger partial charge < -0.3 is 15.2 Å². The molecule has 0 radical (unpaired) electrons. The van der Waals surface area contributed by atoms with E-state index in [0.29, 0.717) is 5.92 Å². The third-order valence-electron chi connectivity index (χ3n) is 3.31. The van der Waals surface area contributed by atoms with Gasteiger partial charge in [-0.3, -0.25) is 0 Å². The third-order valence-corrected chi connectivity index (χ3v) is 3.31. The summed E-state index contributed by atoms with van der Waals surface area (Å²) >= 11 is 0. The number of rotatable bonds is 5. The molecule has 4 heteroatoms. The topological polar surface area (TPSA) is 54.4 Å². The summed E-state index contributed by atoms with van der Waals surface area (Å²) in [5.41, 5.74) is 0. The second-order valence-corrected chi connectivity index (χ2v) is 4.89. The minimum atomic E-state index is -0.00991. The standard InChI is InChI=1S/C15H20N2O2/c1-10(2)13(9-18)17-15-12-5-4-6-14(19-3)11(12)7-8-16-15/h4-8,10,13,18H,9H2,1-3H3,(H,16,17). The molecule has 0 saturated carbocycles. The number of hydrogen-bond acceptors (Lipinski definition) is 4. The highest BCUT2D eigenvalue weighted by molar-refractivity contribution is 5.95. The van der Waals surface area contributed by atoms with Crippen molar-refractivity contribution in [2.24, 2.45) is 5.92 Å². The van der Waals surface area contributed by atoms with Crippen molar-refractivity contribution in [3.05, 3.63) is 30.5 Å². The third kappa shape index (κ3) is 2.79. The van der Waals surface area contributed by atoms with Crippen LogP contribution in [0.5, 0.6) is 5.75 Å². The molecular weight excluding hydrogens is 240 g/mol. The predicted molar refractivity (Wildman–Crippen MR) is 77.6 cm³/mol. The van der Waals surface area contributed by atoms with Crippen LogP contribution in [0.15, 0.2) is 30.5 Å². The lowest BCUT2D eigenvalue weighted by molar-refractivity contribution is 0.249. The molecule has 0 aliphatic rings. The molecule has 0 saturated heterocycles. The molecule has 0 aliphatic heterocycles. The van der Waals surface area contributed by atoms with Crippen LogP contribution in [0.2, 0.25) is 0 Å². The molecule has 102 valence electrons. The van der Waals surface area contributed by atoms with Gasteiger partial charge >= 0.3 is 0 Å². The van der Waals surface area contributed by atoms with E-state index in [2.05, 4.69) is 24.1 Å². The van der Waals surface area contributed by atoms with Crippen molar-refractivity contribution in [3.63, 3.8) is 0 Å². The molecular formula is C15H20N2O2. The molecule has 2 N–H and O–H groups in total. The van der Waals surface area contributed by atoms with Crippen LogP contribution in [0.1, 0.15) is 13.8 Å². The molecule has 1 atom stereocenters. The minimum Gasteiger partial charge on any atom is -0.496 e. The summed E-state index contributed by atoms with van der Waals surface area (Å²) in [5, 5.41) is 14.7. The molecule has 0 fully saturated rings. The Labute approximate surface area is 113 Å². The lowest BCUT2D eigenvalue weighted by Gasteiger charge is -2.21. The molecule has 1 aromatic carbocycles. The van der Waals surface area contributed by atoms with E-state index in [1.165, 1.54) is 0 Å². The van der Waals surface area contributed by atoms with Gasteiger partial charge in [0.05, 0.1) is 19.8 Å². The molecule has 0 aliphatic carbocycles. The Bertz CT molecular complexity index is 555. The Kier molecular flexibility index (Phi) is 4.22. The summed E-state index contributed by atoms with van der Waals surface area (Å²) in [6.45, 7) is 4.22. The molecule has 1 aromatic heterocycles. The normalized spacial score (nSPS) is 12.7. The first kappa shape index (κ1) is 13.6. The first-order chi connectivity index (χ1) is 9.17. The van der Waals surface area contributed by atoms with Crippen LogP contribution >= 0.6 is 0 Å². The fourth-order valence-electron chi connectivity index (χ4n) is 2.07. The maximum Gasteiger partial charge on any atom is 0.134 e. The maximum absolute atomic E-state index is 9.42. The van der Waals surface area contributed by atoms with Gasteiger partial charge in [0.15, 0.2) is 0 Å². The number of fused-ring (bicyclic) bond motifs is 1. The molecule has 0 amide bonds. The molecule has 2 rings (SSSR count). The summed E-state index contributed by atoms with van der Waals surface area (Å²) in [6.07, 6.45) is 1.75. The first-order valence-corrected chi connectivity index (χ1v) is 6.46. The van der Waals surface area contributed by atoms with Gasteiger partial charge in [0, 0.05) is 17.0 Å². The van der Waals surface area contributed by atoms with Crippen molar-refractivity contribution in [2.75, 3.05) is 19.0 Å². The Balaban J connectivity index is 2.44. The van der Waals surface area contributed by atoms with Crippen molar-refractivity contribution in [1.82, 2.24) is 4.98 Å². The first-order valence-electron chi connectivity index (χ1n) is 6.46. The quantitative estimate of drug-likeness (QED) is 0.868. The molecule has 0 bridgehead atoms. The molecule has 4 nitrogen and oxygen atoms in total. The van der Waals surface area contributed by atoms with Crippen LogP contribution < -0.4 is 10.1 Å². The molecule has 2 aromatic rings. The number of anilines is 1. The zero-order valence-corrected chi connectivity index (χ0v) is 11.6. The van der Waals surface area contributed by atoms with Crippen LogP contribution in [0.3, 0.4) is 0 Å². The van der Waals surface area contributed by atoms with Gasteiger partial charge in [0.1, 0.15) is 11.6 Å². The lowest BCUT2D eigenvalue weighted by Crippen LogP contribution is -2.29. The number of pyridine rings is 1. The number of hydrogen-bond donors (Lipinski definition) is 2. The fourth-order valence-corrected chi connectivity index (χ4v) is 2.07. The number of nitrogens with zero attached hydrogens (tertiary/aromatic N) is 1. The van der Waals surface area contributed by atoms with E-state index in [9.17, 15) is 5.11 Å². The van der Waals surface area contributed by atoms with E-state index in [1.54, 1.807) is 13.3 Å². The highest BCUT2D eigenvalue weighted by Crippen LogP contribution is 2.29. The number of benzene rings is 1. The molecule has 0 spiro atoms. The Morgan fingerprint density at radius 3 is 2.68 bits per heavy atom. The number of aliphatic hydroxyl groups excluding tert-OH is 1. The minimum absolute atomic E-state index is 0.00991. The Morgan fingerprint density at radius 1 is 1.26 bits per heavy atom. The van der Waals surface area contributed by atoms with E-state index in [0.717, 1.165) is 22.3 Å². The average Bonchev–Trinajstić information content (AvgIpc) is 2.43. The van der Waals surface area contributed by atoms with Gasteiger partial charge in [-0.05, 0) is 18.1 Å². The monoisotopic (exact) mass is 260 g/mol. The highest BCUT2D eigenvalue weighted by Gasteiger charge is 2.14. The number of nitrogens with one attached hydrogen (secondary N) is 1.